The third-order valence-corrected chi connectivity index (χ3v) is 5.65. The van der Waals surface area contributed by atoms with Gasteiger partial charge in [-0.3, -0.25) is 0 Å². The number of piperazine rings is 1. The normalized spacial score (nSPS) is 13.8. The van der Waals surface area contributed by atoms with Gasteiger partial charge in [-0.2, -0.15) is 5.10 Å². The zero-order valence-corrected chi connectivity index (χ0v) is 18.8. The van der Waals surface area contributed by atoms with Crippen LogP contribution in [0.15, 0.2) is 42.6 Å². The number of aromatic nitrogens is 3. The van der Waals surface area contributed by atoms with Crippen molar-refractivity contribution in [2.45, 2.75) is 13.8 Å². The van der Waals surface area contributed by atoms with Gasteiger partial charge in [-0.25, -0.2) is 14.5 Å². The second-order valence-electron chi connectivity index (χ2n) is 7.59. The fourth-order valence-electron chi connectivity index (χ4n) is 4.02. The lowest BCUT2D eigenvalue weighted by Gasteiger charge is -2.36. The molecule has 9 heteroatoms. The van der Waals surface area contributed by atoms with Gasteiger partial charge in [-0.15, -0.1) is 0 Å². The van der Waals surface area contributed by atoms with E-state index in [4.69, 9.17) is 14.6 Å². The Kier molecular flexibility index (Phi) is 6.16. The summed E-state index contributed by atoms with van der Waals surface area (Å²) < 4.78 is 12.5. The van der Waals surface area contributed by atoms with E-state index >= 15 is 0 Å². The monoisotopic (exact) mass is 436 g/mol. The Hall–Kier alpha value is -3.75. The molecule has 0 radical (unpaired) electrons. The number of carbonyl (C=O) groups is 1. The Morgan fingerprint density at radius 2 is 1.81 bits per heavy atom. The van der Waals surface area contributed by atoms with Crippen LogP contribution in [0.5, 0.6) is 11.5 Å². The molecule has 32 heavy (non-hydrogen) atoms. The predicted octanol–water partition coefficient (Wildman–Crippen LogP) is 3.26. The minimum atomic E-state index is -0.147. The number of nitrogens with zero attached hydrogens (tertiary/aromatic N) is 5. The molecule has 168 valence electrons. The average molecular weight is 437 g/mol. The summed E-state index contributed by atoms with van der Waals surface area (Å²) in [6.45, 7) is 6.73. The first-order valence-corrected chi connectivity index (χ1v) is 10.5. The number of benzene rings is 1. The van der Waals surface area contributed by atoms with Crippen LogP contribution in [-0.2, 0) is 0 Å². The van der Waals surface area contributed by atoms with Crippen molar-refractivity contribution in [1.82, 2.24) is 19.7 Å². The van der Waals surface area contributed by atoms with E-state index in [2.05, 4.69) is 22.1 Å². The number of hydrogen-bond donors (Lipinski definition) is 1. The molecule has 3 aromatic rings. The lowest BCUT2D eigenvalue weighted by atomic mass is 10.2. The molecule has 1 aliphatic heterocycles. The molecule has 4 rings (SSSR count). The number of amides is 2. The maximum absolute atomic E-state index is 12.8. The molecule has 1 N–H and O–H groups in total. The number of nitrogens with one attached hydrogen (secondary N) is 1. The molecule has 0 unspecified atom stereocenters. The molecule has 0 bridgehead atoms. The summed E-state index contributed by atoms with van der Waals surface area (Å²) in [5, 5.41) is 7.64. The Balaban J connectivity index is 1.43. The summed E-state index contributed by atoms with van der Waals surface area (Å²) >= 11 is 0. The maximum Gasteiger partial charge on any atom is 0.322 e. The van der Waals surface area contributed by atoms with Crippen LogP contribution in [0.2, 0.25) is 0 Å². The van der Waals surface area contributed by atoms with Crippen molar-refractivity contribution < 1.29 is 14.3 Å². The quantitative estimate of drug-likeness (QED) is 0.661. The molecule has 3 heterocycles. The maximum atomic E-state index is 12.8. The molecule has 1 aromatic carbocycles. The van der Waals surface area contributed by atoms with Gasteiger partial charge in [0.15, 0.2) is 5.82 Å². The van der Waals surface area contributed by atoms with Crippen LogP contribution in [0.4, 0.5) is 16.2 Å². The summed E-state index contributed by atoms with van der Waals surface area (Å²) in [6, 6.07) is 11.0. The molecule has 0 spiro atoms. The largest absolute Gasteiger partial charge is 0.497 e. The van der Waals surface area contributed by atoms with Crippen LogP contribution in [-0.4, -0.2) is 66.1 Å². The topological polar surface area (TPSA) is 84.8 Å². The highest BCUT2D eigenvalue weighted by atomic mass is 16.5. The van der Waals surface area contributed by atoms with Gasteiger partial charge in [-0.05, 0) is 38.1 Å². The van der Waals surface area contributed by atoms with Gasteiger partial charge < -0.3 is 24.6 Å². The van der Waals surface area contributed by atoms with Crippen LogP contribution in [0.25, 0.3) is 5.82 Å². The Morgan fingerprint density at radius 3 is 2.47 bits per heavy atom. The van der Waals surface area contributed by atoms with E-state index < -0.39 is 0 Å². The van der Waals surface area contributed by atoms with Crippen molar-refractivity contribution >= 4 is 17.4 Å². The standard InChI is InChI=1S/C23H28N6O3/c1-16-22(17(2)29(26-16)21-7-5-6-10-24-21)27-11-13-28(14-12-27)23(30)25-19-9-8-18(31-3)15-20(19)32-4/h5-10,15H,11-14H2,1-4H3,(H,25,30). The number of methoxy groups -OCH3 is 2. The second-order valence-corrected chi connectivity index (χ2v) is 7.59. The van der Waals surface area contributed by atoms with Gasteiger partial charge in [0, 0.05) is 38.4 Å². The van der Waals surface area contributed by atoms with Crippen LogP contribution < -0.4 is 19.7 Å². The highest BCUT2D eigenvalue weighted by molar-refractivity contribution is 5.91. The van der Waals surface area contributed by atoms with Crippen molar-refractivity contribution in [3.8, 4) is 17.3 Å². The van der Waals surface area contributed by atoms with E-state index in [1.165, 1.54) is 0 Å². The Bertz CT molecular complexity index is 1090. The van der Waals surface area contributed by atoms with Crippen molar-refractivity contribution in [1.29, 1.82) is 0 Å². The second kappa shape index (κ2) is 9.17. The molecule has 0 aliphatic carbocycles. The number of carbonyl (C=O) groups excluding carboxylic acids is 1. The fraction of sp³-hybridized carbons (Fsp3) is 0.348. The molecular weight excluding hydrogens is 408 g/mol. The summed E-state index contributed by atoms with van der Waals surface area (Å²) in [5.41, 5.74) is 3.72. The minimum Gasteiger partial charge on any atom is -0.497 e. The molecule has 0 atom stereocenters. The molecular formula is C23H28N6O3. The van der Waals surface area contributed by atoms with E-state index in [0.717, 1.165) is 36.0 Å². The predicted molar refractivity (Wildman–Crippen MR) is 123 cm³/mol. The number of urea groups is 1. The average Bonchev–Trinajstić information content (AvgIpc) is 3.13. The zero-order chi connectivity index (χ0) is 22.7. The van der Waals surface area contributed by atoms with E-state index in [1.807, 2.05) is 34.7 Å². The summed E-state index contributed by atoms with van der Waals surface area (Å²) in [4.78, 5) is 21.4. The van der Waals surface area contributed by atoms with E-state index in [-0.39, 0.29) is 6.03 Å². The van der Waals surface area contributed by atoms with Gasteiger partial charge in [0.1, 0.15) is 11.5 Å². The molecule has 9 nitrogen and oxygen atoms in total. The van der Waals surface area contributed by atoms with Gasteiger partial charge >= 0.3 is 6.03 Å². The molecule has 2 aromatic heterocycles. The number of anilines is 2. The van der Waals surface area contributed by atoms with Gasteiger partial charge in [0.25, 0.3) is 0 Å². The molecule has 2 amide bonds. The van der Waals surface area contributed by atoms with E-state index in [1.54, 1.807) is 38.6 Å². The lowest BCUT2D eigenvalue weighted by Crippen LogP contribution is -2.50. The van der Waals surface area contributed by atoms with Crippen molar-refractivity contribution in [2.75, 3.05) is 50.6 Å². The molecule has 1 aliphatic rings. The van der Waals surface area contributed by atoms with Crippen LogP contribution in [0, 0.1) is 13.8 Å². The molecule has 0 saturated carbocycles. The van der Waals surface area contributed by atoms with Crippen molar-refractivity contribution in [2.24, 2.45) is 0 Å². The van der Waals surface area contributed by atoms with Gasteiger partial charge in [-0.1, -0.05) is 6.07 Å². The Morgan fingerprint density at radius 1 is 1.03 bits per heavy atom. The SMILES string of the molecule is COc1ccc(NC(=O)N2CCN(c3c(C)nn(-c4ccccn4)c3C)CC2)c(OC)c1. The lowest BCUT2D eigenvalue weighted by molar-refractivity contribution is 0.208. The van der Waals surface area contributed by atoms with Crippen LogP contribution >= 0.6 is 0 Å². The highest BCUT2D eigenvalue weighted by Gasteiger charge is 2.26. The van der Waals surface area contributed by atoms with E-state index in [0.29, 0.717) is 30.3 Å². The van der Waals surface area contributed by atoms with E-state index in [9.17, 15) is 4.79 Å². The third-order valence-electron chi connectivity index (χ3n) is 5.65. The fourth-order valence-corrected chi connectivity index (χ4v) is 4.02. The minimum absolute atomic E-state index is 0.147. The van der Waals surface area contributed by atoms with Crippen molar-refractivity contribution in [3.63, 3.8) is 0 Å². The third kappa shape index (κ3) is 4.18. The van der Waals surface area contributed by atoms with Crippen LogP contribution in [0.1, 0.15) is 11.4 Å². The summed E-state index contributed by atoms with van der Waals surface area (Å²) in [7, 11) is 3.16. The summed E-state index contributed by atoms with van der Waals surface area (Å²) in [5.74, 6) is 2.03. The number of ether oxygens (including phenoxy) is 2. The summed E-state index contributed by atoms with van der Waals surface area (Å²) in [6.07, 6.45) is 1.76. The molecule has 1 saturated heterocycles. The Labute approximate surface area is 187 Å². The zero-order valence-electron chi connectivity index (χ0n) is 18.8. The van der Waals surface area contributed by atoms with Crippen molar-refractivity contribution in [3.05, 3.63) is 54.0 Å². The first kappa shape index (κ1) is 21.5. The first-order valence-electron chi connectivity index (χ1n) is 10.5. The number of pyridine rings is 1. The highest BCUT2D eigenvalue weighted by Crippen LogP contribution is 2.30. The van der Waals surface area contributed by atoms with Crippen LogP contribution in [0.3, 0.4) is 0 Å². The van der Waals surface area contributed by atoms with Gasteiger partial charge in [0.2, 0.25) is 0 Å². The van der Waals surface area contributed by atoms with Gasteiger partial charge in [0.05, 0.1) is 37.0 Å². The number of rotatable bonds is 5. The first-order chi connectivity index (χ1) is 15.5. The smallest absolute Gasteiger partial charge is 0.322 e. The molecule has 1 fully saturated rings. The number of hydrogen-bond acceptors (Lipinski definition) is 6. The number of aryl methyl sites for hydroxylation is 1.